The van der Waals surface area contributed by atoms with Gasteiger partial charge >= 0.3 is 0 Å². The third-order valence-corrected chi connectivity index (χ3v) is 2.22. The molecule has 1 fully saturated rings. The highest BCUT2D eigenvalue weighted by Crippen LogP contribution is 2.22. The third-order valence-electron chi connectivity index (χ3n) is 1.84. The number of aliphatic hydroxyl groups excluding tert-OH is 4. The molecule has 0 saturated carbocycles. The maximum atomic E-state index is 9.20. The summed E-state index contributed by atoms with van der Waals surface area (Å²) in [5.41, 5.74) is 0. The van der Waals surface area contributed by atoms with E-state index in [0.29, 0.717) is 0 Å². The Hall–Kier alpha value is 0.150. The lowest BCUT2D eigenvalue weighted by Gasteiger charge is -2.18. The van der Waals surface area contributed by atoms with Gasteiger partial charge < -0.3 is 25.2 Å². The Morgan fingerprint density at radius 1 is 1.25 bits per heavy atom. The van der Waals surface area contributed by atoms with Crippen molar-refractivity contribution in [3.05, 3.63) is 0 Å². The lowest BCUT2D eigenvalue weighted by Crippen LogP contribution is -2.39. The first-order valence-electron chi connectivity index (χ1n) is 3.56. The van der Waals surface area contributed by atoms with Gasteiger partial charge in [-0.1, -0.05) is 0 Å². The van der Waals surface area contributed by atoms with Gasteiger partial charge in [-0.3, -0.25) is 0 Å². The van der Waals surface area contributed by atoms with Crippen LogP contribution < -0.4 is 0 Å². The van der Waals surface area contributed by atoms with Crippen LogP contribution >= 0.6 is 12.6 Å². The van der Waals surface area contributed by atoms with E-state index in [4.69, 9.17) is 14.9 Å². The average molecular weight is 196 g/mol. The molecule has 0 aliphatic carbocycles. The second kappa shape index (κ2) is 3.91. The van der Waals surface area contributed by atoms with Crippen LogP contribution in [-0.2, 0) is 4.74 Å². The van der Waals surface area contributed by atoms with Gasteiger partial charge in [0.1, 0.15) is 18.3 Å². The van der Waals surface area contributed by atoms with Crippen molar-refractivity contribution >= 4 is 12.6 Å². The Morgan fingerprint density at radius 3 is 2.17 bits per heavy atom. The zero-order chi connectivity index (χ0) is 9.30. The van der Waals surface area contributed by atoms with Gasteiger partial charge in [0, 0.05) is 5.75 Å². The molecule has 5 nitrogen and oxygen atoms in total. The zero-order valence-electron chi connectivity index (χ0n) is 6.24. The highest BCUT2D eigenvalue weighted by Gasteiger charge is 2.44. The molecule has 1 aliphatic rings. The van der Waals surface area contributed by atoms with E-state index in [1.807, 2.05) is 0 Å². The number of hydrogen-bond acceptors (Lipinski definition) is 6. The van der Waals surface area contributed by atoms with Crippen molar-refractivity contribution in [1.29, 1.82) is 0 Å². The molecule has 6 heteroatoms. The summed E-state index contributed by atoms with van der Waals surface area (Å²) in [4.78, 5) is 0. The van der Waals surface area contributed by atoms with Crippen molar-refractivity contribution in [3.63, 3.8) is 0 Å². The summed E-state index contributed by atoms with van der Waals surface area (Å²) >= 11 is 3.79. The molecular formula is C6H12O5S. The number of hydrogen-bond donors (Lipinski definition) is 5. The van der Waals surface area contributed by atoms with Crippen LogP contribution in [0.4, 0.5) is 0 Å². The van der Waals surface area contributed by atoms with E-state index in [9.17, 15) is 10.2 Å². The van der Waals surface area contributed by atoms with E-state index in [2.05, 4.69) is 12.6 Å². The van der Waals surface area contributed by atoms with Crippen LogP contribution in [0.25, 0.3) is 0 Å². The largest absolute Gasteiger partial charge is 0.389 e. The predicted octanol–water partition coefficient (Wildman–Crippen LogP) is -2.28. The molecule has 72 valence electrons. The van der Waals surface area contributed by atoms with Crippen molar-refractivity contribution < 1.29 is 25.2 Å². The molecule has 0 spiro atoms. The average Bonchev–Trinajstić information content (AvgIpc) is 2.32. The summed E-state index contributed by atoms with van der Waals surface area (Å²) in [5, 5.41) is 36.3. The first kappa shape index (κ1) is 10.2. The molecule has 0 radical (unpaired) electrons. The minimum absolute atomic E-state index is 0.0984. The maximum absolute atomic E-state index is 9.20. The second-order valence-corrected chi connectivity index (χ2v) is 3.09. The van der Waals surface area contributed by atoms with Gasteiger partial charge in [0.25, 0.3) is 0 Å². The van der Waals surface area contributed by atoms with E-state index >= 15 is 0 Å². The lowest BCUT2D eigenvalue weighted by atomic mass is 10.1. The SMILES string of the molecule is O[C@@H]1[C@@H](O)[C@@H](O)O[C@@H]1[C@H](O)CS. The van der Waals surface area contributed by atoms with Crippen LogP contribution in [0.3, 0.4) is 0 Å². The summed E-state index contributed by atoms with van der Waals surface area (Å²) < 4.78 is 4.70. The molecule has 0 aromatic heterocycles. The van der Waals surface area contributed by atoms with Crippen LogP contribution in [-0.4, -0.2) is 56.9 Å². The molecule has 0 amide bonds. The Morgan fingerprint density at radius 2 is 1.83 bits per heavy atom. The molecule has 1 saturated heterocycles. The molecule has 0 bridgehead atoms. The number of ether oxygens (including phenoxy) is 1. The Labute approximate surface area is 75.0 Å². The lowest BCUT2D eigenvalue weighted by molar-refractivity contribution is -0.142. The van der Waals surface area contributed by atoms with Gasteiger partial charge in [-0.25, -0.2) is 0 Å². The van der Waals surface area contributed by atoms with Crippen molar-refractivity contribution in [3.8, 4) is 0 Å². The van der Waals surface area contributed by atoms with E-state index in [1.54, 1.807) is 0 Å². The highest BCUT2D eigenvalue weighted by atomic mass is 32.1. The summed E-state index contributed by atoms with van der Waals surface area (Å²) in [6.07, 6.45) is -6.01. The van der Waals surface area contributed by atoms with Crippen LogP contribution in [0.1, 0.15) is 0 Å². The molecule has 0 aromatic rings. The quantitative estimate of drug-likeness (QED) is 0.321. The first-order chi connectivity index (χ1) is 5.57. The fourth-order valence-corrected chi connectivity index (χ4v) is 1.31. The summed E-state index contributed by atoms with van der Waals surface area (Å²) in [6, 6.07) is 0. The second-order valence-electron chi connectivity index (χ2n) is 2.72. The summed E-state index contributed by atoms with van der Waals surface area (Å²) in [5.74, 6) is 0.0984. The Bertz CT molecular complexity index is 155. The fourth-order valence-electron chi connectivity index (χ4n) is 1.11. The number of aliphatic hydroxyl groups is 4. The Balaban J connectivity index is 2.58. The van der Waals surface area contributed by atoms with Crippen molar-refractivity contribution in [2.75, 3.05) is 5.75 Å². The molecular weight excluding hydrogens is 184 g/mol. The van der Waals surface area contributed by atoms with Gasteiger partial charge in [-0.2, -0.15) is 12.6 Å². The molecule has 1 aliphatic heterocycles. The van der Waals surface area contributed by atoms with Crippen LogP contribution in [0.15, 0.2) is 0 Å². The first-order valence-corrected chi connectivity index (χ1v) is 4.19. The van der Waals surface area contributed by atoms with E-state index in [0.717, 1.165) is 0 Å². The van der Waals surface area contributed by atoms with Gasteiger partial charge in [-0.05, 0) is 0 Å². The Kier molecular flexibility index (Phi) is 3.33. The van der Waals surface area contributed by atoms with E-state index in [-0.39, 0.29) is 5.75 Å². The van der Waals surface area contributed by atoms with Gasteiger partial charge in [0.05, 0.1) is 6.10 Å². The van der Waals surface area contributed by atoms with Crippen molar-refractivity contribution in [2.24, 2.45) is 0 Å². The molecule has 12 heavy (non-hydrogen) atoms. The summed E-state index contributed by atoms with van der Waals surface area (Å²) in [6.45, 7) is 0. The zero-order valence-corrected chi connectivity index (χ0v) is 7.13. The number of thiol groups is 1. The van der Waals surface area contributed by atoms with Crippen molar-refractivity contribution in [1.82, 2.24) is 0 Å². The third kappa shape index (κ3) is 1.73. The molecule has 1 heterocycles. The standard InChI is InChI=1S/C6H12O5S/c7-2(1-12)5-3(8)4(9)6(10)11-5/h2-10,12H,1H2/t2-,3-,4-,5-,6+/m1/s1. The summed E-state index contributed by atoms with van der Waals surface area (Å²) in [7, 11) is 0. The molecule has 1 rings (SSSR count). The normalized spacial score (nSPS) is 44.8. The molecule has 5 atom stereocenters. The van der Waals surface area contributed by atoms with Gasteiger partial charge in [-0.15, -0.1) is 0 Å². The van der Waals surface area contributed by atoms with Gasteiger partial charge in [0.2, 0.25) is 0 Å². The van der Waals surface area contributed by atoms with Crippen molar-refractivity contribution in [2.45, 2.75) is 30.7 Å². The highest BCUT2D eigenvalue weighted by molar-refractivity contribution is 7.80. The minimum atomic E-state index is -1.43. The minimum Gasteiger partial charge on any atom is -0.389 e. The predicted molar refractivity (Wildman–Crippen MR) is 42.8 cm³/mol. The molecule has 4 N–H and O–H groups in total. The van der Waals surface area contributed by atoms with Crippen LogP contribution in [0.5, 0.6) is 0 Å². The van der Waals surface area contributed by atoms with Crippen LogP contribution in [0, 0.1) is 0 Å². The molecule has 0 aromatic carbocycles. The fraction of sp³-hybridized carbons (Fsp3) is 1.00. The maximum Gasteiger partial charge on any atom is 0.184 e. The smallest absolute Gasteiger partial charge is 0.184 e. The topological polar surface area (TPSA) is 90.2 Å². The van der Waals surface area contributed by atoms with Gasteiger partial charge in [0.15, 0.2) is 6.29 Å². The van der Waals surface area contributed by atoms with Crippen LogP contribution in [0.2, 0.25) is 0 Å². The van der Waals surface area contributed by atoms with E-state index < -0.39 is 30.7 Å². The van der Waals surface area contributed by atoms with E-state index in [1.165, 1.54) is 0 Å². The molecule has 0 unspecified atom stereocenters. The monoisotopic (exact) mass is 196 g/mol. The number of rotatable bonds is 2.